The number of rotatable bonds is 5. The molecule has 0 atom stereocenters. The largest absolute Gasteiger partial charge is 0.490 e. The van der Waals surface area contributed by atoms with Gasteiger partial charge in [0.25, 0.3) is 0 Å². The molecular weight excluding hydrogens is 415 g/mol. The zero-order valence-corrected chi connectivity index (χ0v) is 16.2. The van der Waals surface area contributed by atoms with Crippen LogP contribution in [0, 0.1) is 0 Å². The lowest BCUT2D eigenvalue weighted by atomic mass is 10.2. The Morgan fingerprint density at radius 1 is 1.04 bits per heavy atom. The molecule has 2 aromatic carbocycles. The topological polar surface area (TPSA) is 47.1 Å². The highest BCUT2D eigenvalue weighted by molar-refractivity contribution is 9.10. The fourth-order valence-electron chi connectivity index (χ4n) is 2.39. The molecule has 24 heavy (non-hydrogen) atoms. The number of H-pyrrole nitrogens is 1. The number of halogens is 3. The Labute approximate surface area is 158 Å². The predicted octanol–water partition coefficient (Wildman–Crippen LogP) is 6.10. The van der Waals surface area contributed by atoms with Gasteiger partial charge in [0.1, 0.15) is 5.82 Å². The lowest BCUT2D eigenvalue weighted by Crippen LogP contribution is -1.99. The highest BCUT2D eigenvalue weighted by atomic mass is 79.9. The summed E-state index contributed by atoms with van der Waals surface area (Å²) in [4.78, 5) is 7.84. The summed E-state index contributed by atoms with van der Waals surface area (Å²) in [5.41, 5.74) is 2.45. The Balaban J connectivity index is 2.11. The maximum Gasteiger partial charge on any atom is 0.175 e. The van der Waals surface area contributed by atoms with Crippen molar-refractivity contribution >= 4 is 50.2 Å². The van der Waals surface area contributed by atoms with Crippen LogP contribution in [0.3, 0.4) is 0 Å². The number of fused-ring (bicyclic) bond motifs is 1. The van der Waals surface area contributed by atoms with E-state index in [-0.39, 0.29) is 0 Å². The number of aromatic nitrogens is 2. The molecule has 126 valence electrons. The normalized spacial score (nSPS) is 11.0. The molecule has 0 unspecified atom stereocenters. The summed E-state index contributed by atoms with van der Waals surface area (Å²) in [5.74, 6) is 2.05. The molecule has 1 aromatic heterocycles. The van der Waals surface area contributed by atoms with Gasteiger partial charge in [0.15, 0.2) is 11.5 Å². The summed E-state index contributed by atoms with van der Waals surface area (Å²) >= 11 is 15.7. The van der Waals surface area contributed by atoms with Crippen LogP contribution in [0.1, 0.15) is 13.8 Å². The van der Waals surface area contributed by atoms with Gasteiger partial charge in [-0.3, -0.25) is 0 Å². The second kappa shape index (κ2) is 7.21. The van der Waals surface area contributed by atoms with E-state index in [0.29, 0.717) is 40.6 Å². The molecule has 7 heteroatoms. The lowest BCUT2D eigenvalue weighted by molar-refractivity contribution is 0.286. The van der Waals surface area contributed by atoms with Crippen LogP contribution in [0.2, 0.25) is 10.0 Å². The first-order valence-corrected chi connectivity index (χ1v) is 9.02. The average Bonchev–Trinajstić information content (AvgIpc) is 2.94. The second-order valence-electron chi connectivity index (χ2n) is 5.02. The number of aromatic amines is 1. The Morgan fingerprint density at radius 2 is 1.75 bits per heavy atom. The first-order valence-electron chi connectivity index (χ1n) is 7.47. The van der Waals surface area contributed by atoms with Gasteiger partial charge in [-0.1, -0.05) is 23.2 Å². The number of nitrogens with one attached hydrogen (secondary N) is 1. The molecule has 0 amide bonds. The molecule has 0 spiro atoms. The molecular formula is C17H15BrCl2N2O2. The van der Waals surface area contributed by atoms with Crippen LogP contribution in [-0.4, -0.2) is 23.2 Å². The summed E-state index contributed by atoms with van der Waals surface area (Å²) < 4.78 is 12.2. The SMILES string of the molecule is CCOc1cc(-c2nc3cc(Cl)c(Cl)cc3[nH]2)cc(Br)c1OCC. The van der Waals surface area contributed by atoms with Gasteiger partial charge < -0.3 is 14.5 Å². The molecule has 1 heterocycles. The van der Waals surface area contributed by atoms with E-state index in [1.54, 1.807) is 12.1 Å². The first kappa shape index (κ1) is 17.4. The Hall–Kier alpha value is -1.43. The molecule has 3 aromatic rings. The highest BCUT2D eigenvalue weighted by Crippen LogP contribution is 2.40. The van der Waals surface area contributed by atoms with Crippen molar-refractivity contribution in [3.63, 3.8) is 0 Å². The third kappa shape index (κ3) is 3.34. The van der Waals surface area contributed by atoms with E-state index in [2.05, 4.69) is 25.9 Å². The van der Waals surface area contributed by atoms with Gasteiger partial charge in [0.2, 0.25) is 0 Å². The van der Waals surface area contributed by atoms with Gasteiger partial charge >= 0.3 is 0 Å². The van der Waals surface area contributed by atoms with Crippen molar-refractivity contribution in [3.8, 4) is 22.9 Å². The number of benzene rings is 2. The molecule has 0 bridgehead atoms. The molecule has 0 radical (unpaired) electrons. The van der Waals surface area contributed by atoms with E-state index in [9.17, 15) is 0 Å². The zero-order valence-electron chi connectivity index (χ0n) is 13.1. The van der Waals surface area contributed by atoms with Crippen LogP contribution >= 0.6 is 39.1 Å². The smallest absolute Gasteiger partial charge is 0.175 e. The quantitative estimate of drug-likeness (QED) is 0.533. The van der Waals surface area contributed by atoms with Gasteiger partial charge in [-0.05, 0) is 54.0 Å². The molecule has 0 aliphatic rings. The van der Waals surface area contributed by atoms with Crippen LogP contribution in [-0.2, 0) is 0 Å². The van der Waals surface area contributed by atoms with Crippen molar-refractivity contribution < 1.29 is 9.47 Å². The summed E-state index contributed by atoms with van der Waals surface area (Å²) in [6.45, 7) is 4.96. The van der Waals surface area contributed by atoms with Crippen molar-refractivity contribution in [2.45, 2.75) is 13.8 Å². The number of hydrogen-bond donors (Lipinski definition) is 1. The molecule has 1 N–H and O–H groups in total. The number of hydrogen-bond acceptors (Lipinski definition) is 3. The minimum absolute atomic E-state index is 0.477. The highest BCUT2D eigenvalue weighted by Gasteiger charge is 2.15. The van der Waals surface area contributed by atoms with E-state index in [4.69, 9.17) is 32.7 Å². The van der Waals surface area contributed by atoms with Crippen molar-refractivity contribution in [1.82, 2.24) is 9.97 Å². The fourth-order valence-corrected chi connectivity index (χ4v) is 3.27. The molecule has 0 saturated heterocycles. The van der Waals surface area contributed by atoms with Crippen LogP contribution in [0.4, 0.5) is 0 Å². The molecule has 0 aliphatic heterocycles. The van der Waals surface area contributed by atoms with Crippen molar-refractivity contribution in [1.29, 1.82) is 0 Å². The summed E-state index contributed by atoms with van der Waals surface area (Å²) in [6, 6.07) is 7.35. The van der Waals surface area contributed by atoms with Gasteiger partial charge in [0.05, 0.1) is 38.8 Å². The molecule has 4 nitrogen and oxygen atoms in total. The van der Waals surface area contributed by atoms with E-state index in [1.807, 2.05) is 26.0 Å². The standard InChI is InChI=1S/C17H15BrCl2N2O2/c1-3-23-15-6-9(5-10(18)16(15)24-4-2)17-21-13-7-11(19)12(20)8-14(13)22-17/h5-8H,3-4H2,1-2H3,(H,21,22). The predicted molar refractivity (Wildman–Crippen MR) is 102 cm³/mol. The molecule has 0 fully saturated rings. The number of imidazole rings is 1. The van der Waals surface area contributed by atoms with Crippen molar-refractivity contribution in [2.75, 3.05) is 13.2 Å². The van der Waals surface area contributed by atoms with Gasteiger partial charge in [-0.15, -0.1) is 0 Å². The average molecular weight is 430 g/mol. The molecule has 0 saturated carbocycles. The van der Waals surface area contributed by atoms with Crippen molar-refractivity contribution in [3.05, 3.63) is 38.8 Å². The van der Waals surface area contributed by atoms with Gasteiger partial charge in [-0.2, -0.15) is 0 Å². The first-order chi connectivity index (χ1) is 11.5. The fraction of sp³-hybridized carbons (Fsp3) is 0.235. The van der Waals surface area contributed by atoms with E-state index < -0.39 is 0 Å². The van der Waals surface area contributed by atoms with Crippen LogP contribution in [0.25, 0.3) is 22.4 Å². The van der Waals surface area contributed by atoms with Crippen LogP contribution in [0.15, 0.2) is 28.7 Å². The van der Waals surface area contributed by atoms with Crippen LogP contribution < -0.4 is 9.47 Å². The van der Waals surface area contributed by atoms with Gasteiger partial charge in [0, 0.05) is 5.56 Å². The van der Waals surface area contributed by atoms with Gasteiger partial charge in [-0.25, -0.2) is 4.98 Å². The summed E-state index contributed by atoms with van der Waals surface area (Å²) in [5, 5.41) is 0.965. The Kier molecular flexibility index (Phi) is 5.23. The Morgan fingerprint density at radius 3 is 2.46 bits per heavy atom. The molecule has 3 rings (SSSR count). The summed E-state index contributed by atoms with van der Waals surface area (Å²) in [6.07, 6.45) is 0. The minimum Gasteiger partial charge on any atom is -0.490 e. The van der Waals surface area contributed by atoms with Crippen molar-refractivity contribution in [2.24, 2.45) is 0 Å². The third-order valence-electron chi connectivity index (χ3n) is 3.40. The lowest BCUT2D eigenvalue weighted by Gasteiger charge is -2.13. The zero-order chi connectivity index (χ0) is 17.3. The maximum atomic E-state index is 6.07. The van der Waals surface area contributed by atoms with E-state index in [0.717, 1.165) is 21.1 Å². The monoisotopic (exact) mass is 428 g/mol. The Bertz CT molecular complexity index is 857. The second-order valence-corrected chi connectivity index (χ2v) is 6.69. The summed E-state index contributed by atoms with van der Waals surface area (Å²) in [7, 11) is 0. The van der Waals surface area contributed by atoms with Crippen LogP contribution in [0.5, 0.6) is 11.5 Å². The minimum atomic E-state index is 0.477. The van der Waals surface area contributed by atoms with E-state index in [1.165, 1.54) is 0 Å². The number of nitrogens with zero attached hydrogens (tertiary/aromatic N) is 1. The maximum absolute atomic E-state index is 6.07. The van der Waals surface area contributed by atoms with E-state index >= 15 is 0 Å². The number of ether oxygens (including phenoxy) is 2. The third-order valence-corrected chi connectivity index (χ3v) is 4.71. The molecule has 0 aliphatic carbocycles.